The van der Waals surface area contributed by atoms with Crippen molar-refractivity contribution in [3.05, 3.63) is 17.0 Å². The minimum absolute atomic E-state index is 0.448. The fourth-order valence-corrected chi connectivity index (χ4v) is 2.42. The molecule has 0 aliphatic heterocycles. The molecule has 1 heterocycles. The third kappa shape index (κ3) is 2.44. The third-order valence-electron chi connectivity index (χ3n) is 3.57. The van der Waals surface area contributed by atoms with Gasteiger partial charge in [0.1, 0.15) is 0 Å². The van der Waals surface area contributed by atoms with E-state index in [4.69, 9.17) is 4.74 Å². The number of nitrogens with zero attached hydrogens (tertiary/aromatic N) is 1. The van der Waals surface area contributed by atoms with Gasteiger partial charge in [0.05, 0.1) is 11.8 Å². The summed E-state index contributed by atoms with van der Waals surface area (Å²) in [5.74, 6) is 0. The van der Waals surface area contributed by atoms with Crippen LogP contribution in [0.2, 0.25) is 0 Å². The fraction of sp³-hybridized carbons (Fsp3) is 0.750. The van der Waals surface area contributed by atoms with Gasteiger partial charge in [-0.3, -0.25) is 5.10 Å². The smallest absolute Gasteiger partial charge is 0.0638 e. The molecule has 1 fully saturated rings. The zero-order valence-corrected chi connectivity index (χ0v) is 10.3. The van der Waals surface area contributed by atoms with E-state index < -0.39 is 0 Å². The van der Waals surface area contributed by atoms with Crippen LogP contribution in [0.15, 0.2) is 0 Å². The highest BCUT2D eigenvalue weighted by molar-refractivity contribution is 5.22. The van der Waals surface area contributed by atoms with Crippen LogP contribution in [0.25, 0.3) is 0 Å². The topological polar surface area (TPSA) is 49.9 Å². The lowest BCUT2D eigenvalue weighted by molar-refractivity contribution is 0.107. The summed E-state index contributed by atoms with van der Waals surface area (Å²) in [6.45, 7) is 5.03. The van der Waals surface area contributed by atoms with Crippen molar-refractivity contribution in [2.45, 2.75) is 51.8 Å². The van der Waals surface area contributed by atoms with Crippen molar-refractivity contribution in [3.63, 3.8) is 0 Å². The first kappa shape index (κ1) is 11.6. The van der Waals surface area contributed by atoms with Crippen LogP contribution in [-0.4, -0.2) is 29.5 Å². The lowest BCUT2D eigenvalue weighted by Gasteiger charge is -2.12. The Morgan fingerprint density at radius 2 is 2.25 bits per heavy atom. The number of aryl methyl sites for hydroxylation is 2. The summed E-state index contributed by atoms with van der Waals surface area (Å²) in [4.78, 5) is 0. The SMILES string of the molecule is COC1CCC(NCc2c(C)n[nH]c2C)C1. The first-order chi connectivity index (χ1) is 7.70. The number of aromatic amines is 1. The Morgan fingerprint density at radius 1 is 1.44 bits per heavy atom. The van der Waals surface area contributed by atoms with Gasteiger partial charge in [0.2, 0.25) is 0 Å². The monoisotopic (exact) mass is 223 g/mol. The van der Waals surface area contributed by atoms with Gasteiger partial charge in [0.25, 0.3) is 0 Å². The fourth-order valence-electron chi connectivity index (χ4n) is 2.42. The van der Waals surface area contributed by atoms with E-state index in [1.54, 1.807) is 7.11 Å². The molecule has 1 aliphatic rings. The molecule has 16 heavy (non-hydrogen) atoms. The molecule has 0 radical (unpaired) electrons. The number of H-pyrrole nitrogens is 1. The Hall–Kier alpha value is -0.870. The number of hydrogen-bond donors (Lipinski definition) is 2. The molecule has 0 saturated heterocycles. The lowest BCUT2D eigenvalue weighted by Crippen LogP contribution is -2.27. The molecule has 4 nitrogen and oxygen atoms in total. The molecule has 4 heteroatoms. The van der Waals surface area contributed by atoms with E-state index >= 15 is 0 Å². The van der Waals surface area contributed by atoms with Crippen LogP contribution in [-0.2, 0) is 11.3 Å². The number of aromatic nitrogens is 2. The van der Waals surface area contributed by atoms with Crippen LogP contribution >= 0.6 is 0 Å². The minimum Gasteiger partial charge on any atom is -0.381 e. The first-order valence-electron chi connectivity index (χ1n) is 5.97. The van der Waals surface area contributed by atoms with Gasteiger partial charge < -0.3 is 10.1 Å². The summed E-state index contributed by atoms with van der Waals surface area (Å²) in [7, 11) is 1.80. The van der Waals surface area contributed by atoms with Gasteiger partial charge in [-0.05, 0) is 33.1 Å². The van der Waals surface area contributed by atoms with Crippen molar-refractivity contribution in [2.24, 2.45) is 0 Å². The average Bonchev–Trinajstić information content (AvgIpc) is 2.85. The van der Waals surface area contributed by atoms with E-state index in [1.807, 2.05) is 6.92 Å². The van der Waals surface area contributed by atoms with E-state index in [0.717, 1.165) is 18.7 Å². The van der Waals surface area contributed by atoms with E-state index in [2.05, 4.69) is 22.4 Å². The highest BCUT2D eigenvalue weighted by Crippen LogP contribution is 2.22. The second-order valence-corrected chi connectivity index (χ2v) is 4.66. The molecular formula is C12H21N3O. The molecular weight excluding hydrogens is 202 g/mol. The molecule has 2 N–H and O–H groups in total. The highest BCUT2D eigenvalue weighted by atomic mass is 16.5. The molecule has 90 valence electrons. The lowest BCUT2D eigenvalue weighted by atomic mass is 10.1. The van der Waals surface area contributed by atoms with Crippen molar-refractivity contribution >= 4 is 0 Å². The Kier molecular flexibility index (Phi) is 3.61. The molecule has 0 bridgehead atoms. The Balaban J connectivity index is 1.84. The Labute approximate surface area is 96.8 Å². The van der Waals surface area contributed by atoms with Crippen molar-refractivity contribution in [3.8, 4) is 0 Å². The second kappa shape index (κ2) is 4.97. The van der Waals surface area contributed by atoms with Crippen molar-refractivity contribution in [1.29, 1.82) is 0 Å². The second-order valence-electron chi connectivity index (χ2n) is 4.66. The zero-order valence-electron chi connectivity index (χ0n) is 10.3. The Morgan fingerprint density at radius 3 is 2.81 bits per heavy atom. The molecule has 0 amide bonds. The van der Waals surface area contributed by atoms with Gasteiger partial charge in [-0.2, -0.15) is 5.10 Å². The number of nitrogens with one attached hydrogen (secondary N) is 2. The summed E-state index contributed by atoms with van der Waals surface area (Å²) >= 11 is 0. The molecule has 2 unspecified atom stereocenters. The average molecular weight is 223 g/mol. The maximum atomic E-state index is 5.37. The maximum absolute atomic E-state index is 5.37. The van der Waals surface area contributed by atoms with Gasteiger partial charge >= 0.3 is 0 Å². The molecule has 0 spiro atoms. The van der Waals surface area contributed by atoms with Crippen LogP contribution in [0.1, 0.15) is 36.2 Å². The quantitative estimate of drug-likeness (QED) is 0.816. The molecule has 2 rings (SSSR count). The highest BCUT2D eigenvalue weighted by Gasteiger charge is 2.24. The first-order valence-corrected chi connectivity index (χ1v) is 5.97. The summed E-state index contributed by atoms with van der Waals surface area (Å²) in [6.07, 6.45) is 3.97. The Bertz CT molecular complexity index is 329. The van der Waals surface area contributed by atoms with Crippen molar-refractivity contribution in [2.75, 3.05) is 7.11 Å². The van der Waals surface area contributed by atoms with Crippen molar-refractivity contribution < 1.29 is 4.74 Å². The van der Waals surface area contributed by atoms with Gasteiger partial charge in [0.15, 0.2) is 0 Å². The van der Waals surface area contributed by atoms with Gasteiger partial charge in [-0.1, -0.05) is 0 Å². The molecule has 1 saturated carbocycles. The van der Waals surface area contributed by atoms with Gasteiger partial charge in [-0.15, -0.1) is 0 Å². The number of rotatable bonds is 4. The molecule has 1 aromatic rings. The third-order valence-corrected chi connectivity index (χ3v) is 3.57. The maximum Gasteiger partial charge on any atom is 0.0638 e. The number of ether oxygens (including phenoxy) is 1. The predicted octanol–water partition coefficient (Wildman–Crippen LogP) is 1.68. The molecule has 1 aliphatic carbocycles. The van der Waals surface area contributed by atoms with Crippen LogP contribution in [0.4, 0.5) is 0 Å². The van der Waals surface area contributed by atoms with Crippen LogP contribution in [0.5, 0.6) is 0 Å². The van der Waals surface area contributed by atoms with Crippen molar-refractivity contribution in [1.82, 2.24) is 15.5 Å². The predicted molar refractivity (Wildman–Crippen MR) is 63.3 cm³/mol. The molecule has 1 aromatic heterocycles. The summed E-state index contributed by atoms with van der Waals surface area (Å²) in [5.41, 5.74) is 3.58. The summed E-state index contributed by atoms with van der Waals surface area (Å²) < 4.78 is 5.37. The van der Waals surface area contributed by atoms with E-state index in [9.17, 15) is 0 Å². The van der Waals surface area contributed by atoms with E-state index in [-0.39, 0.29) is 0 Å². The van der Waals surface area contributed by atoms with Crippen LogP contribution < -0.4 is 5.32 Å². The normalized spacial score (nSPS) is 25.2. The summed E-state index contributed by atoms with van der Waals surface area (Å²) in [5, 5.41) is 10.8. The summed E-state index contributed by atoms with van der Waals surface area (Å²) in [6, 6.07) is 0.596. The number of hydrogen-bond acceptors (Lipinski definition) is 3. The van der Waals surface area contributed by atoms with Crippen LogP contribution in [0, 0.1) is 13.8 Å². The van der Waals surface area contributed by atoms with E-state index in [1.165, 1.54) is 24.1 Å². The molecule has 2 atom stereocenters. The minimum atomic E-state index is 0.448. The standard InChI is InChI=1S/C12H21N3O/c1-8-12(9(2)15-14-8)7-13-10-4-5-11(6-10)16-3/h10-11,13H,4-7H2,1-3H3,(H,14,15). The largest absolute Gasteiger partial charge is 0.381 e. The number of methoxy groups -OCH3 is 1. The van der Waals surface area contributed by atoms with E-state index in [0.29, 0.717) is 12.1 Å². The molecule has 0 aromatic carbocycles. The van der Waals surface area contributed by atoms with Crippen LogP contribution in [0.3, 0.4) is 0 Å². The van der Waals surface area contributed by atoms with Gasteiger partial charge in [0, 0.05) is 31.0 Å². The van der Waals surface area contributed by atoms with Gasteiger partial charge in [-0.25, -0.2) is 0 Å². The zero-order chi connectivity index (χ0) is 11.5.